The van der Waals surface area contributed by atoms with E-state index < -0.39 is 5.54 Å². The molecule has 1 atom stereocenters. The minimum atomic E-state index is -0.794. The average Bonchev–Trinajstić information content (AvgIpc) is 3.33. The summed E-state index contributed by atoms with van der Waals surface area (Å²) >= 11 is 0. The van der Waals surface area contributed by atoms with Crippen LogP contribution in [0.3, 0.4) is 0 Å². The number of nitrogens with zero attached hydrogens (tertiary/aromatic N) is 1. The fourth-order valence-electron chi connectivity index (χ4n) is 2.66. The van der Waals surface area contributed by atoms with Crippen molar-refractivity contribution >= 4 is 22.7 Å². The standard InChI is InChI=1S/C16H19N3O2/c1-16(17,10-4-5-10)15(20)18-11-6-7-13-12(8-11)19-14(21-13)9-2-3-9/h6-10H,2-5,17H2,1H3,(H,18,20). The zero-order valence-electron chi connectivity index (χ0n) is 12.1. The molecule has 2 aromatic rings. The van der Waals surface area contributed by atoms with Gasteiger partial charge in [0.15, 0.2) is 11.5 Å². The van der Waals surface area contributed by atoms with Gasteiger partial charge in [-0.3, -0.25) is 4.79 Å². The number of carbonyl (C=O) groups excluding carboxylic acids is 1. The molecule has 2 saturated carbocycles. The van der Waals surface area contributed by atoms with Gasteiger partial charge in [0.05, 0.1) is 5.54 Å². The molecule has 2 aliphatic carbocycles. The SMILES string of the molecule is CC(N)(C(=O)Nc1ccc2oc(C3CC3)nc2c1)C1CC1. The first-order valence-electron chi connectivity index (χ1n) is 7.55. The van der Waals surface area contributed by atoms with Crippen LogP contribution < -0.4 is 11.1 Å². The maximum absolute atomic E-state index is 12.3. The van der Waals surface area contributed by atoms with E-state index in [-0.39, 0.29) is 5.91 Å². The predicted octanol–water partition coefficient (Wildman–Crippen LogP) is 2.77. The van der Waals surface area contributed by atoms with Crippen LogP contribution in [0.2, 0.25) is 0 Å². The zero-order chi connectivity index (χ0) is 14.6. The summed E-state index contributed by atoms with van der Waals surface area (Å²) < 4.78 is 5.72. The third kappa shape index (κ3) is 2.31. The number of aromatic nitrogens is 1. The molecule has 0 saturated heterocycles. The van der Waals surface area contributed by atoms with Crippen LogP contribution in [0.15, 0.2) is 22.6 Å². The van der Waals surface area contributed by atoms with Gasteiger partial charge in [-0.2, -0.15) is 0 Å². The Bertz CT molecular complexity index is 711. The second-order valence-corrected chi connectivity index (χ2v) is 6.52. The van der Waals surface area contributed by atoms with Gasteiger partial charge in [0, 0.05) is 11.6 Å². The van der Waals surface area contributed by atoms with E-state index in [1.54, 1.807) is 6.92 Å². The van der Waals surface area contributed by atoms with Gasteiger partial charge in [-0.1, -0.05) is 0 Å². The number of hydrogen-bond acceptors (Lipinski definition) is 4. The lowest BCUT2D eigenvalue weighted by molar-refractivity contribution is -0.121. The van der Waals surface area contributed by atoms with Crippen molar-refractivity contribution in [2.75, 3.05) is 5.32 Å². The Balaban J connectivity index is 1.57. The molecule has 2 fully saturated rings. The molecule has 0 spiro atoms. The summed E-state index contributed by atoms with van der Waals surface area (Å²) in [5, 5.41) is 2.90. The molecule has 2 aliphatic rings. The summed E-state index contributed by atoms with van der Waals surface area (Å²) in [4.78, 5) is 16.8. The molecule has 1 heterocycles. The minimum absolute atomic E-state index is 0.129. The van der Waals surface area contributed by atoms with Gasteiger partial charge >= 0.3 is 0 Å². The van der Waals surface area contributed by atoms with Crippen LogP contribution in [-0.4, -0.2) is 16.4 Å². The van der Waals surface area contributed by atoms with Crippen LogP contribution in [0, 0.1) is 5.92 Å². The van der Waals surface area contributed by atoms with Crippen LogP contribution >= 0.6 is 0 Å². The lowest BCUT2D eigenvalue weighted by atomic mass is 9.96. The van der Waals surface area contributed by atoms with E-state index in [1.165, 1.54) is 0 Å². The summed E-state index contributed by atoms with van der Waals surface area (Å²) in [5.74, 6) is 1.47. The molecule has 1 amide bonds. The first-order chi connectivity index (χ1) is 10.0. The Morgan fingerprint density at radius 1 is 1.38 bits per heavy atom. The number of rotatable bonds is 4. The average molecular weight is 285 g/mol. The maximum atomic E-state index is 12.3. The van der Waals surface area contributed by atoms with Crippen molar-refractivity contribution in [3.63, 3.8) is 0 Å². The van der Waals surface area contributed by atoms with E-state index in [2.05, 4.69) is 10.3 Å². The van der Waals surface area contributed by atoms with Crippen molar-refractivity contribution in [1.29, 1.82) is 0 Å². The molecular formula is C16H19N3O2. The minimum Gasteiger partial charge on any atom is -0.440 e. The molecular weight excluding hydrogens is 266 g/mol. The third-order valence-corrected chi connectivity index (χ3v) is 4.50. The van der Waals surface area contributed by atoms with E-state index in [4.69, 9.17) is 10.2 Å². The van der Waals surface area contributed by atoms with E-state index in [0.29, 0.717) is 11.8 Å². The van der Waals surface area contributed by atoms with Gasteiger partial charge in [-0.25, -0.2) is 4.98 Å². The first kappa shape index (κ1) is 12.8. The molecule has 0 aliphatic heterocycles. The highest BCUT2D eigenvalue weighted by molar-refractivity contribution is 5.99. The van der Waals surface area contributed by atoms with Gasteiger partial charge < -0.3 is 15.5 Å². The molecule has 4 rings (SSSR count). The predicted molar refractivity (Wildman–Crippen MR) is 79.9 cm³/mol. The second kappa shape index (κ2) is 4.31. The van der Waals surface area contributed by atoms with Gasteiger partial charge in [0.25, 0.3) is 0 Å². The molecule has 1 unspecified atom stereocenters. The molecule has 0 radical (unpaired) electrons. The quantitative estimate of drug-likeness (QED) is 0.905. The Hall–Kier alpha value is -1.88. The number of anilines is 1. The molecule has 3 N–H and O–H groups in total. The van der Waals surface area contributed by atoms with E-state index in [9.17, 15) is 4.79 Å². The highest BCUT2D eigenvalue weighted by Gasteiger charge is 2.44. The maximum Gasteiger partial charge on any atom is 0.244 e. The fourth-order valence-corrected chi connectivity index (χ4v) is 2.66. The Labute approximate surface area is 122 Å². The van der Waals surface area contributed by atoms with Gasteiger partial charge in [0.2, 0.25) is 5.91 Å². The highest BCUT2D eigenvalue weighted by atomic mass is 16.3. The van der Waals surface area contributed by atoms with E-state index >= 15 is 0 Å². The Kier molecular flexibility index (Phi) is 2.63. The number of hydrogen-bond donors (Lipinski definition) is 2. The highest BCUT2D eigenvalue weighted by Crippen LogP contribution is 2.41. The van der Waals surface area contributed by atoms with Crippen LogP contribution in [0.25, 0.3) is 11.1 Å². The molecule has 110 valence electrons. The molecule has 5 heteroatoms. The van der Waals surface area contributed by atoms with E-state index in [0.717, 1.165) is 48.4 Å². The zero-order valence-corrected chi connectivity index (χ0v) is 12.1. The summed E-state index contributed by atoms with van der Waals surface area (Å²) in [7, 11) is 0. The van der Waals surface area contributed by atoms with Crippen molar-refractivity contribution in [3.8, 4) is 0 Å². The van der Waals surface area contributed by atoms with Crippen LogP contribution in [0.1, 0.15) is 44.4 Å². The van der Waals surface area contributed by atoms with Crippen molar-refractivity contribution in [2.24, 2.45) is 11.7 Å². The van der Waals surface area contributed by atoms with Gasteiger partial charge in [-0.15, -0.1) is 0 Å². The van der Waals surface area contributed by atoms with Crippen molar-refractivity contribution in [2.45, 2.75) is 44.1 Å². The molecule has 0 bridgehead atoms. The lowest BCUT2D eigenvalue weighted by Gasteiger charge is -2.23. The number of nitrogens with one attached hydrogen (secondary N) is 1. The van der Waals surface area contributed by atoms with E-state index in [1.807, 2.05) is 18.2 Å². The summed E-state index contributed by atoms with van der Waals surface area (Å²) in [6.07, 6.45) is 4.38. The largest absolute Gasteiger partial charge is 0.440 e. The topological polar surface area (TPSA) is 81.2 Å². The number of fused-ring (bicyclic) bond motifs is 1. The van der Waals surface area contributed by atoms with Crippen molar-refractivity contribution in [1.82, 2.24) is 4.98 Å². The summed E-state index contributed by atoms with van der Waals surface area (Å²) in [6, 6.07) is 5.55. The fraction of sp³-hybridized carbons (Fsp3) is 0.500. The number of amides is 1. The van der Waals surface area contributed by atoms with Crippen molar-refractivity contribution < 1.29 is 9.21 Å². The molecule has 1 aromatic heterocycles. The Morgan fingerprint density at radius 2 is 2.14 bits per heavy atom. The monoisotopic (exact) mass is 285 g/mol. The normalized spacial score (nSPS) is 21.2. The molecule has 21 heavy (non-hydrogen) atoms. The van der Waals surface area contributed by atoms with Gasteiger partial charge in [0.1, 0.15) is 5.52 Å². The van der Waals surface area contributed by atoms with Gasteiger partial charge in [-0.05, 0) is 56.7 Å². The number of benzene rings is 1. The lowest BCUT2D eigenvalue weighted by Crippen LogP contribution is -2.50. The molecule has 5 nitrogen and oxygen atoms in total. The number of oxazole rings is 1. The van der Waals surface area contributed by atoms with Crippen LogP contribution in [0.5, 0.6) is 0 Å². The number of nitrogens with two attached hydrogens (primary N) is 1. The second-order valence-electron chi connectivity index (χ2n) is 6.52. The van der Waals surface area contributed by atoms with Crippen LogP contribution in [-0.2, 0) is 4.79 Å². The first-order valence-corrected chi connectivity index (χ1v) is 7.55. The summed E-state index contributed by atoms with van der Waals surface area (Å²) in [6.45, 7) is 1.81. The Morgan fingerprint density at radius 3 is 2.81 bits per heavy atom. The number of carbonyl (C=O) groups is 1. The van der Waals surface area contributed by atoms with Crippen molar-refractivity contribution in [3.05, 3.63) is 24.1 Å². The summed E-state index contributed by atoms with van der Waals surface area (Å²) in [5.41, 5.74) is 7.62. The molecule has 1 aromatic carbocycles. The van der Waals surface area contributed by atoms with Crippen LogP contribution in [0.4, 0.5) is 5.69 Å². The smallest absolute Gasteiger partial charge is 0.244 e. The third-order valence-electron chi connectivity index (χ3n) is 4.50.